The van der Waals surface area contributed by atoms with Gasteiger partial charge in [-0.3, -0.25) is 0 Å². The Bertz CT molecular complexity index is 541. The topological polar surface area (TPSA) is 78.9 Å². The van der Waals surface area contributed by atoms with Crippen molar-refractivity contribution < 1.29 is 30.0 Å². The highest BCUT2D eigenvalue weighted by atomic mass is 16.5. The minimum atomic E-state index is -0.633. The maximum absolute atomic E-state index is 11.9. The van der Waals surface area contributed by atoms with E-state index in [0.29, 0.717) is 6.42 Å². The number of methoxy groups -OCH3 is 1. The van der Waals surface area contributed by atoms with Crippen molar-refractivity contribution in [3.63, 3.8) is 0 Å². The van der Waals surface area contributed by atoms with Crippen molar-refractivity contribution in [2.75, 3.05) is 20.3 Å². The van der Waals surface area contributed by atoms with E-state index in [1.54, 1.807) is 12.1 Å². The smallest absolute Gasteiger partial charge is 0.465 e. The number of carbonyl (C=O) groups excluding carboxylic acids is 3. The number of benzene rings is 1. The Kier molecular flexibility index (Phi) is 6.67. The van der Waals surface area contributed by atoms with Crippen LogP contribution in [0.3, 0.4) is 0 Å². The average Bonchev–Trinajstić information content (AvgIpc) is 2.53. The summed E-state index contributed by atoms with van der Waals surface area (Å²) in [6.07, 6.45) is 1.41. The first kappa shape index (κ1) is 16.4. The fourth-order valence-electron chi connectivity index (χ4n) is 1.48. The van der Waals surface area contributed by atoms with E-state index in [1.807, 2.05) is 0 Å². The quantitative estimate of drug-likeness (QED) is 0.330. The molecule has 0 aliphatic rings. The Morgan fingerprint density at radius 3 is 2.24 bits per heavy atom. The second-order valence-corrected chi connectivity index (χ2v) is 3.90. The molecule has 0 aromatic heterocycles. The molecule has 0 spiro atoms. The summed E-state index contributed by atoms with van der Waals surface area (Å²) in [7, 11) is 1.23. The molecule has 0 radical (unpaired) electrons. The fourth-order valence-corrected chi connectivity index (χ4v) is 1.48. The molecule has 0 saturated heterocycles. The van der Waals surface area contributed by atoms with E-state index < -0.39 is 17.9 Å². The van der Waals surface area contributed by atoms with Gasteiger partial charge in [0.25, 0.3) is 0 Å². The van der Waals surface area contributed by atoms with Crippen molar-refractivity contribution in [2.24, 2.45) is 0 Å². The molecule has 0 aliphatic heterocycles. The van der Waals surface area contributed by atoms with Crippen molar-refractivity contribution in [3.05, 3.63) is 48.0 Å². The first-order valence-electron chi connectivity index (χ1n) is 6.23. The van der Waals surface area contributed by atoms with Gasteiger partial charge in [-0.05, 0) is 12.1 Å². The number of rotatable bonds is 7. The number of esters is 3. The minimum absolute atomic E-state index is 0. The van der Waals surface area contributed by atoms with Crippen molar-refractivity contribution in [1.29, 1.82) is 0 Å². The van der Waals surface area contributed by atoms with Gasteiger partial charge in [-0.25, -0.2) is 14.4 Å². The van der Waals surface area contributed by atoms with Crippen LogP contribution in [-0.2, 0) is 19.0 Å². The Balaban J connectivity index is 0.00000441. The van der Waals surface area contributed by atoms with Gasteiger partial charge in [-0.2, -0.15) is 0 Å². The van der Waals surface area contributed by atoms with E-state index >= 15 is 0 Å². The highest BCUT2D eigenvalue weighted by Crippen LogP contribution is 2.11. The Morgan fingerprint density at radius 1 is 1.10 bits per heavy atom. The van der Waals surface area contributed by atoms with Crippen molar-refractivity contribution in [1.82, 2.24) is 0 Å². The molecule has 1 aromatic rings. The van der Waals surface area contributed by atoms with E-state index in [4.69, 9.17) is 9.47 Å². The number of ether oxygens (including phenoxy) is 3. The van der Waals surface area contributed by atoms with Crippen LogP contribution >= 0.6 is 0 Å². The van der Waals surface area contributed by atoms with E-state index in [2.05, 4.69) is 11.3 Å². The van der Waals surface area contributed by atoms with Gasteiger partial charge in [0.05, 0.1) is 31.5 Å². The summed E-state index contributed by atoms with van der Waals surface area (Å²) >= 11 is 0. The van der Waals surface area contributed by atoms with Gasteiger partial charge in [0.15, 0.2) is 0 Å². The molecule has 0 amide bonds. The predicted molar refractivity (Wildman–Crippen MR) is 74.9 cm³/mol. The lowest BCUT2D eigenvalue weighted by molar-refractivity contribution is -0.137. The molecular formula is C15H17O6+. The third kappa shape index (κ3) is 5.10. The van der Waals surface area contributed by atoms with Crippen LogP contribution in [-0.4, -0.2) is 38.2 Å². The van der Waals surface area contributed by atoms with Crippen LogP contribution in [0.5, 0.6) is 0 Å². The third-order valence-corrected chi connectivity index (χ3v) is 2.49. The van der Waals surface area contributed by atoms with Crippen molar-refractivity contribution in [3.8, 4) is 0 Å². The van der Waals surface area contributed by atoms with Crippen LogP contribution in [0, 0.1) is 0 Å². The second-order valence-electron chi connectivity index (χ2n) is 3.90. The summed E-state index contributed by atoms with van der Waals surface area (Å²) in [6, 6.07) is 6.20. The lowest BCUT2D eigenvalue weighted by atomic mass is 10.1. The van der Waals surface area contributed by atoms with Gasteiger partial charge in [0.1, 0.15) is 0 Å². The molecule has 112 valence electrons. The van der Waals surface area contributed by atoms with Gasteiger partial charge in [-0.1, -0.05) is 18.7 Å². The molecule has 0 bridgehead atoms. The summed E-state index contributed by atoms with van der Waals surface area (Å²) in [5.41, 5.74) is 0.274. The zero-order valence-electron chi connectivity index (χ0n) is 12.7. The second kappa shape index (κ2) is 8.52. The molecule has 0 fully saturated rings. The molecule has 6 heteroatoms. The maximum Gasteiger partial charge on any atom is 1.00 e. The SMILES string of the molecule is C=CC(=O)OCCCOC(=O)c1ccccc1C(=O)OC.[H+]. The summed E-state index contributed by atoms with van der Waals surface area (Å²) in [5.74, 6) is -1.77. The molecule has 0 aliphatic carbocycles. The van der Waals surface area contributed by atoms with Crippen LogP contribution in [0.15, 0.2) is 36.9 Å². The highest BCUT2D eigenvalue weighted by molar-refractivity contribution is 6.03. The highest BCUT2D eigenvalue weighted by Gasteiger charge is 2.17. The van der Waals surface area contributed by atoms with E-state index in [-0.39, 0.29) is 25.8 Å². The summed E-state index contributed by atoms with van der Waals surface area (Å²) in [5, 5.41) is 0. The zero-order chi connectivity index (χ0) is 15.7. The molecule has 21 heavy (non-hydrogen) atoms. The predicted octanol–water partition coefficient (Wildman–Crippen LogP) is 1.86. The number of carbonyl (C=O) groups is 3. The van der Waals surface area contributed by atoms with Crippen molar-refractivity contribution in [2.45, 2.75) is 6.42 Å². The Hall–Kier alpha value is -2.63. The van der Waals surface area contributed by atoms with E-state index in [9.17, 15) is 14.4 Å². The lowest BCUT2D eigenvalue weighted by Gasteiger charge is -2.08. The van der Waals surface area contributed by atoms with Gasteiger partial charge in [-0.15, -0.1) is 0 Å². The third-order valence-electron chi connectivity index (χ3n) is 2.49. The Morgan fingerprint density at radius 2 is 1.67 bits per heavy atom. The summed E-state index contributed by atoms with van der Waals surface area (Å²) < 4.78 is 14.3. The van der Waals surface area contributed by atoms with Gasteiger partial charge < -0.3 is 14.2 Å². The first-order chi connectivity index (χ1) is 10.1. The maximum atomic E-state index is 11.9. The molecule has 0 atom stereocenters. The largest absolute Gasteiger partial charge is 1.00 e. The molecule has 1 rings (SSSR count). The zero-order valence-corrected chi connectivity index (χ0v) is 11.7. The van der Waals surface area contributed by atoms with Crippen molar-refractivity contribution >= 4 is 17.9 Å². The van der Waals surface area contributed by atoms with Crippen LogP contribution in [0.4, 0.5) is 0 Å². The van der Waals surface area contributed by atoms with Gasteiger partial charge >= 0.3 is 19.3 Å². The van der Waals surface area contributed by atoms with Crippen LogP contribution in [0.1, 0.15) is 28.6 Å². The molecule has 1 aromatic carbocycles. The molecular weight excluding hydrogens is 276 g/mol. The normalized spacial score (nSPS) is 9.57. The van der Waals surface area contributed by atoms with Crippen LogP contribution in [0.25, 0.3) is 0 Å². The molecule has 0 heterocycles. The lowest BCUT2D eigenvalue weighted by Crippen LogP contribution is -2.14. The van der Waals surface area contributed by atoms with Gasteiger partial charge in [0.2, 0.25) is 0 Å². The average molecular weight is 293 g/mol. The molecule has 6 nitrogen and oxygen atoms in total. The minimum Gasteiger partial charge on any atom is -0.465 e. The van der Waals surface area contributed by atoms with E-state index in [0.717, 1.165) is 6.08 Å². The molecule has 0 unspecified atom stereocenters. The summed E-state index contributed by atoms with van der Waals surface area (Å²) in [4.78, 5) is 34.2. The first-order valence-corrected chi connectivity index (χ1v) is 6.23. The number of hydrogen-bond acceptors (Lipinski definition) is 6. The molecule has 0 N–H and O–H groups in total. The fraction of sp³-hybridized carbons (Fsp3) is 0.267. The Labute approximate surface area is 123 Å². The van der Waals surface area contributed by atoms with Crippen LogP contribution < -0.4 is 0 Å². The van der Waals surface area contributed by atoms with Crippen LogP contribution in [0.2, 0.25) is 0 Å². The van der Waals surface area contributed by atoms with Gasteiger partial charge in [0, 0.05) is 12.5 Å². The standard InChI is InChI=1S/C15H16O6/c1-3-13(16)20-9-6-10-21-15(18)12-8-5-4-7-11(12)14(17)19-2/h3-5,7-8H,1,6,9-10H2,2H3/p+1. The number of hydrogen-bond donors (Lipinski definition) is 0. The summed E-state index contributed by atoms with van der Waals surface area (Å²) in [6.45, 7) is 3.45. The van der Waals surface area contributed by atoms with E-state index in [1.165, 1.54) is 19.2 Å². The monoisotopic (exact) mass is 293 g/mol. The molecule has 0 saturated carbocycles.